The van der Waals surface area contributed by atoms with Gasteiger partial charge in [-0.3, -0.25) is 0 Å². The summed E-state index contributed by atoms with van der Waals surface area (Å²) in [4.78, 5) is 5.74. The molecule has 1 unspecified atom stereocenters. The van der Waals surface area contributed by atoms with E-state index in [1.165, 1.54) is 10.4 Å². The Kier molecular flexibility index (Phi) is 5.79. The average Bonchev–Trinajstić information content (AvgIpc) is 2.78. The zero-order chi connectivity index (χ0) is 15.4. The number of benzene rings is 1. The van der Waals surface area contributed by atoms with Crippen LogP contribution in [0, 0.1) is 13.8 Å². The molecular formula is C16H21BrN2OS. The quantitative estimate of drug-likeness (QED) is 0.822. The lowest BCUT2D eigenvalue weighted by atomic mass is 10.0. The minimum absolute atomic E-state index is 0.181. The summed E-state index contributed by atoms with van der Waals surface area (Å²) in [6.45, 7) is 6.73. The Hall–Kier alpha value is -0.910. The average molecular weight is 369 g/mol. The molecular weight excluding hydrogens is 348 g/mol. The van der Waals surface area contributed by atoms with Crippen molar-refractivity contribution in [3.8, 4) is 5.75 Å². The minimum Gasteiger partial charge on any atom is -0.486 e. The van der Waals surface area contributed by atoms with Gasteiger partial charge in [0, 0.05) is 15.4 Å². The van der Waals surface area contributed by atoms with Crippen LogP contribution in [-0.2, 0) is 13.0 Å². The molecule has 3 nitrogen and oxygen atoms in total. The SMILES string of the molecule is CCC(N)Cc1cc(OCc2nc(C)c(C)s2)ccc1Br. The van der Waals surface area contributed by atoms with Crippen LogP contribution in [0.3, 0.4) is 0 Å². The van der Waals surface area contributed by atoms with Crippen molar-refractivity contribution in [1.82, 2.24) is 4.98 Å². The molecule has 0 aliphatic carbocycles. The predicted molar refractivity (Wildman–Crippen MR) is 92.0 cm³/mol. The summed E-state index contributed by atoms with van der Waals surface area (Å²) in [6.07, 6.45) is 1.82. The number of halogens is 1. The van der Waals surface area contributed by atoms with Gasteiger partial charge in [0.25, 0.3) is 0 Å². The van der Waals surface area contributed by atoms with E-state index in [0.717, 1.165) is 33.8 Å². The lowest BCUT2D eigenvalue weighted by molar-refractivity contribution is 0.305. The van der Waals surface area contributed by atoms with Crippen LogP contribution in [0.2, 0.25) is 0 Å². The predicted octanol–water partition coefficient (Wildman–Crippen LogP) is 4.38. The molecule has 1 aromatic carbocycles. The third-order valence-electron chi connectivity index (χ3n) is 3.46. The first kappa shape index (κ1) is 16.5. The highest BCUT2D eigenvalue weighted by Gasteiger charge is 2.08. The van der Waals surface area contributed by atoms with Gasteiger partial charge in [0.2, 0.25) is 0 Å². The van der Waals surface area contributed by atoms with Crippen molar-refractivity contribution >= 4 is 27.3 Å². The van der Waals surface area contributed by atoms with E-state index in [4.69, 9.17) is 10.5 Å². The molecule has 0 fully saturated rings. The zero-order valence-corrected chi connectivity index (χ0v) is 15.1. The van der Waals surface area contributed by atoms with E-state index in [9.17, 15) is 0 Å². The smallest absolute Gasteiger partial charge is 0.140 e. The summed E-state index contributed by atoms with van der Waals surface area (Å²) < 4.78 is 6.94. The Bertz CT molecular complexity index is 593. The van der Waals surface area contributed by atoms with Crippen LogP contribution < -0.4 is 10.5 Å². The minimum atomic E-state index is 0.181. The Morgan fingerprint density at radius 1 is 1.38 bits per heavy atom. The summed E-state index contributed by atoms with van der Waals surface area (Å²) in [5.41, 5.74) is 8.31. The largest absolute Gasteiger partial charge is 0.486 e. The van der Waals surface area contributed by atoms with Crippen LogP contribution in [0.5, 0.6) is 5.75 Å². The first-order valence-electron chi connectivity index (χ1n) is 7.09. The van der Waals surface area contributed by atoms with Crippen LogP contribution >= 0.6 is 27.3 Å². The topological polar surface area (TPSA) is 48.1 Å². The molecule has 1 aromatic heterocycles. The third-order valence-corrected chi connectivity index (χ3v) is 5.28. The fraction of sp³-hybridized carbons (Fsp3) is 0.438. The van der Waals surface area contributed by atoms with E-state index in [0.29, 0.717) is 6.61 Å². The van der Waals surface area contributed by atoms with Crippen LogP contribution in [0.4, 0.5) is 0 Å². The highest BCUT2D eigenvalue weighted by atomic mass is 79.9. The van der Waals surface area contributed by atoms with E-state index in [-0.39, 0.29) is 6.04 Å². The normalized spacial score (nSPS) is 12.4. The van der Waals surface area contributed by atoms with Gasteiger partial charge in [-0.25, -0.2) is 4.98 Å². The molecule has 2 rings (SSSR count). The first-order chi connectivity index (χ1) is 9.99. The molecule has 0 aliphatic heterocycles. The van der Waals surface area contributed by atoms with Crippen LogP contribution in [0.15, 0.2) is 22.7 Å². The number of hydrogen-bond acceptors (Lipinski definition) is 4. The zero-order valence-electron chi connectivity index (χ0n) is 12.6. The van der Waals surface area contributed by atoms with Crippen molar-refractivity contribution in [3.05, 3.63) is 43.8 Å². The fourth-order valence-electron chi connectivity index (χ4n) is 1.97. The highest BCUT2D eigenvalue weighted by molar-refractivity contribution is 9.10. The molecule has 0 aliphatic rings. The van der Waals surface area contributed by atoms with Crippen molar-refractivity contribution in [2.75, 3.05) is 0 Å². The van der Waals surface area contributed by atoms with Gasteiger partial charge in [0.05, 0.1) is 5.69 Å². The second-order valence-corrected chi connectivity index (χ2v) is 7.31. The summed E-state index contributed by atoms with van der Waals surface area (Å²) in [5.74, 6) is 0.863. The number of aromatic nitrogens is 1. The standard InChI is InChI=1S/C16H21BrN2OS/c1-4-13(18)7-12-8-14(5-6-15(12)17)20-9-16-19-10(2)11(3)21-16/h5-6,8,13H,4,7,9,18H2,1-3H3. The van der Waals surface area contributed by atoms with Crippen molar-refractivity contribution in [3.63, 3.8) is 0 Å². The first-order valence-corrected chi connectivity index (χ1v) is 8.70. The number of ether oxygens (including phenoxy) is 1. The van der Waals surface area contributed by atoms with Crippen molar-refractivity contribution in [2.24, 2.45) is 5.73 Å². The number of aryl methyl sites for hydroxylation is 2. The second-order valence-electron chi connectivity index (χ2n) is 5.16. The van der Waals surface area contributed by atoms with E-state index in [1.54, 1.807) is 11.3 Å². The van der Waals surface area contributed by atoms with Crippen LogP contribution in [0.25, 0.3) is 0 Å². The van der Waals surface area contributed by atoms with Gasteiger partial charge in [-0.1, -0.05) is 22.9 Å². The van der Waals surface area contributed by atoms with Gasteiger partial charge in [-0.05, 0) is 50.5 Å². The van der Waals surface area contributed by atoms with Crippen LogP contribution in [-0.4, -0.2) is 11.0 Å². The molecule has 0 bridgehead atoms. The maximum Gasteiger partial charge on any atom is 0.140 e. The number of hydrogen-bond donors (Lipinski definition) is 1. The third kappa shape index (κ3) is 4.53. The Morgan fingerprint density at radius 3 is 2.76 bits per heavy atom. The lowest BCUT2D eigenvalue weighted by Gasteiger charge is -2.12. The molecule has 1 heterocycles. The number of thiazole rings is 1. The van der Waals surface area contributed by atoms with Crippen molar-refractivity contribution in [1.29, 1.82) is 0 Å². The van der Waals surface area contributed by atoms with Gasteiger partial charge in [0.15, 0.2) is 0 Å². The number of nitrogens with two attached hydrogens (primary N) is 1. The number of rotatable bonds is 6. The molecule has 0 radical (unpaired) electrons. The molecule has 0 spiro atoms. The highest BCUT2D eigenvalue weighted by Crippen LogP contribution is 2.25. The number of nitrogens with zero attached hydrogens (tertiary/aromatic N) is 1. The fourth-order valence-corrected chi connectivity index (χ4v) is 3.23. The van der Waals surface area contributed by atoms with Crippen LogP contribution in [0.1, 0.15) is 34.5 Å². The molecule has 1 atom stereocenters. The van der Waals surface area contributed by atoms with Gasteiger partial charge in [-0.2, -0.15) is 0 Å². The van der Waals surface area contributed by atoms with Gasteiger partial charge >= 0.3 is 0 Å². The van der Waals surface area contributed by atoms with E-state index >= 15 is 0 Å². The maximum absolute atomic E-state index is 6.04. The molecule has 5 heteroatoms. The summed E-state index contributed by atoms with van der Waals surface area (Å²) in [5, 5.41) is 1.01. The molecule has 21 heavy (non-hydrogen) atoms. The molecule has 0 saturated heterocycles. The van der Waals surface area contributed by atoms with E-state index in [1.807, 2.05) is 19.1 Å². The van der Waals surface area contributed by atoms with E-state index in [2.05, 4.69) is 40.8 Å². The molecule has 114 valence electrons. The van der Waals surface area contributed by atoms with Crippen molar-refractivity contribution in [2.45, 2.75) is 46.3 Å². The van der Waals surface area contributed by atoms with Crippen molar-refractivity contribution < 1.29 is 4.74 Å². The molecule has 0 saturated carbocycles. The molecule has 2 N–H and O–H groups in total. The van der Waals surface area contributed by atoms with Gasteiger partial charge in [-0.15, -0.1) is 11.3 Å². The van der Waals surface area contributed by atoms with Gasteiger partial charge < -0.3 is 10.5 Å². The molecule has 0 amide bonds. The monoisotopic (exact) mass is 368 g/mol. The second kappa shape index (κ2) is 7.38. The summed E-state index contributed by atoms with van der Waals surface area (Å²) in [7, 11) is 0. The molecule has 2 aromatic rings. The maximum atomic E-state index is 6.04. The van der Waals surface area contributed by atoms with Gasteiger partial charge in [0.1, 0.15) is 17.4 Å². The van der Waals surface area contributed by atoms with E-state index < -0.39 is 0 Å². The Morgan fingerprint density at radius 2 is 2.14 bits per heavy atom. The lowest BCUT2D eigenvalue weighted by Crippen LogP contribution is -2.21. The Balaban J connectivity index is 2.04. The Labute approximate surface area is 138 Å². The summed E-state index contributed by atoms with van der Waals surface area (Å²) >= 11 is 5.27. The summed E-state index contributed by atoms with van der Waals surface area (Å²) in [6, 6.07) is 6.23.